The lowest BCUT2D eigenvalue weighted by atomic mass is 9.81. The van der Waals surface area contributed by atoms with Gasteiger partial charge in [-0.2, -0.15) is 5.10 Å². The van der Waals surface area contributed by atoms with Crippen LogP contribution in [0.1, 0.15) is 59.8 Å². The summed E-state index contributed by atoms with van der Waals surface area (Å²) in [6.45, 7) is 0.609. The minimum atomic E-state index is -1.50. The van der Waals surface area contributed by atoms with Crippen molar-refractivity contribution in [1.29, 1.82) is 0 Å². The molecule has 0 N–H and O–H groups in total. The first-order chi connectivity index (χ1) is 17.3. The molecule has 10 heteroatoms. The highest BCUT2D eigenvalue weighted by molar-refractivity contribution is 5.99. The topological polar surface area (TPSA) is 71.3 Å². The predicted octanol–water partition coefficient (Wildman–Crippen LogP) is 4.32. The average Bonchev–Trinajstić information content (AvgIpc) is 3.44. The summed E-state index contributed by atoms with van der Waals surface area (Å²) >= 11 is 0. The van der Waals surface area contributed by atoms with Gasteiger partial charge in [0.2, 0.25) is 5.91 Å². The number of piperidine rings is 1. The Morgan fingerprint density at radius 2 is 1.83 bits per heavy atom. The maximum atomic E-state index is 14.0. The van der Waals surface area contributed by atoms with Crippen molar-refractivity contribution in [2.45, 2.75) is 50.6 Å². The minimum absolute atomic E-state index is 0.0237. The number of halogens is 3. The van der Waals surface area contributed by atoms with Crippen molar-refractivity contribution in [3.8, 4) is 11.3 Å². The maximum Gasteiger partial charge on any atom is 0.256 e. The molecular formula is C26H24F3N5O2. The Morgan fingerprint density at radius 1 is 1.06 bits per heavy atom. The largest absolute Gasteiger partial charge is 0.327 e. The molecule has 2 unspecified atom stereocenters. The second-order valence-electron chi connectivity index (χ2n) is 9.69. The Kier molecular flexibility index (Phi) is 5.35. The summed E-state index contributed by atoms with van der Waals surface area (Å²) in [4.78, 5) is 33.7. The highest BCUT2D eigenvalue weighted by Gasteiger charge is 2.44. The summed E-state index contributed by atoms with van der Waals surface area (Å²) in [5.41, 5.74) is 3.30. The molecule has 0 aliphatic carbocycles. The SMILES string of the molecule is Cn1nc2c(c1-c1cc(F)c(F)c(F)c1)CC1CCCC2N1C(=O)c1cncc(N2CCCC2=O)c1. The van der Waals surface area contributed by atoms with E-state index in [4.69, 9.17) is 0 Å². The van der Waals surface area contributed by atoms with E-state index in [1.54, 1.807) is 28.9 Å². The molecule has 3 aromatic rings. The van der Waals surface area contributed by atoms with E-state index in [0.717, 1.165) is 37.0 Å². The average molecular weight is 496 g/mol. The second kappa shape index (κ2) is 8.46. The lowest BCUT2D eigenvalue weighted by molar-refractivity contribution is -0.117. The standard InChI is InChI=1S/C26H24F3N5O2/c1-32-25(14-9-19(27)23(29)20(28)10-14)18-11-16-4-2-5-21(24(18)31-32)34(16)26(36)15-8-17(13-30-12-15)33-7-3-6-22(33)35/h8-10,12-13,16,21H,2-7,11H2,1H3. The fourth-order valence-electron chi connectivity index (χ4n) is 5.96. The first kappa shape index (κ1) is 22.8. The number of carbonyl (C=O) groups excluding carboxylic acids is 2. The van der Waals surface area contributed by atoms with Gasteiger partial charge in [-0.15, -0.1) is 0 Å². The third-order valence-corrected chi connectivity index (χ3v) is 7.52. The van der Waals surface area contributed by atoms with E-state index < -0.39 is 17.5 Å². The van der Waals surface area contributed by atoms with Gasteiger partial charge >= 0.3 is 0 Å². The molecule has 2 amide bonds. The van der Waals surface area contributed by atoms with Crippen molar-refractivity contribution in [2.75, 3.05) is 11.4 Å². The Hall–Kier alpha value is -3.69. The number of carbonyl (C=O) groups is 2. The molecule has 2 aromatic heterocycles. The number of rotatable bonds is 3. The molecular weight excluding hydrogens is 471 g/mol. The van der Waals surface area contributed by atoms with E-state index in [-0.39, 0.29) is 29.5 Å². The summed E-state index contributed by atoms with van der Waals surface area (Å²) in [5, 5.41) is 4.66. The van der Waals surface area contributed by atoms with Crippen LogP contribution in [0.4, 0.5) is 18.9 Å². The Bertz CT molecular complexity index is 1380. The zero-order valence-corrected chi connectivity index (χ0v) is 19.7. The van der Waals surface area contributed by atoms with E-state index in [9.17, 15) is 22.8 Å². The third kappa shape index (κ3) is 3.50. The molecule has 36 heavy (non-hydrogen) atoms. The van der Waals surface area contributed by atoms with Gasteiger partial charge in [-0.25, -0.2) is 13.2 Å². The van der Waals surface area contributed by atoms with E-state index in [2.05, 4.69) is 10.1 Å². The molecule has 2 saturated heterocycles. The van der Waals surface area contributed by atoms with E-state index in [1.807, 2.05) is 4.90 Å². The van der Waals surface area contributed by atoms with Gasteiger partial charge in [-0.3, -0.25) is 19.3 Å². The lowest BCUT2D eigenvalue weighted by Gasteiger charge is -2.45. The molecule has 2 bridgehead atoms. The van der Waals surface area contributed by atoms with Crippen LogP contribution in [0.15, 0.2) is 30.6 Å². The summed E-state index contributed by atoms with van der Waals surface area (Å²) in [6.07, 6.45) is 7.26. The number of hydrogen-bond donors (Lipinski definition) is 0. The van der Waals surface area contributed by atoms with Crippen molar-refractivity contribution in [2.24, 2.45) is 7.05 Å². The number of anilines is 1. The molecule has 6 rings (SSSR count). The van der Waals surface area contributed by atoms with Crippen molar-refractivity contribution in [3.05, 3.63) is 64.9 Å². The van der Waals surface area contributed by atoms with Crippen molar-refractivity contribution in [1.82, 2.24) is 19.7 Å². The molecule has 0 spiro atoms. The number of aromatic nitrogens is 3. The van der Waals surface area contributed by atoms with Crippen LogP contribution in [0.5, 0.6) is 0 Å². The number of aryl methyl sites for hydroxylation is 1. The number of benzene rings is 1. The summed E-state index contributed by atoms with van der Waals surface area (Å²) < 4.78 is 43.2. The van der Waals surface area contributed by atoms with Gasteiger partial charge in [0.1, 0.15) is 0 Å². The van der Waals surface area contributed by atoms with Crippen LogP contribution in [0.3, 0.4) is 0 Å². The summed E-state index contributed by atoms with van der Waals surface area (Å²) in [7, 11) is 1.68. The number of pyridine rings is 1. The van der Waals surface area contributed by atoms with Gasteiger partial charge in [0, 0.05) is 43.4 Å². The fraction of sp³-hybridized carbons (Fsp3) is 0.385. The Labute approximate surface area is 205 Å². The van der Waals surface area contributed by atoms with Crippen molar-refractivity contribution >= 4 is 17.5 Å². The number of hydrogen-bond acceptors (Lipinski definition) is 4. The van der Waals surface area contributed by atoms with Gasteiger partial charge in [0.15, 0.2) is 17.5 Å². The highest BCUT2D eigenvalue weighted by Crippen LogP contribution is 2.45. The van der Waals surface area contributed by atoms with Crippen LogP contribution >= 0.6 is 0 Å². The first-order valence-corrected chi connectivity index (χ1v) is 12.1. The number of nitrogens with zero attached hydrogens (tertiary/aromatic N) is 5. The monoisotopic (exact) mass is 495 g/mol. The van der Waals surface area contributed by atoms with Crippen LogP contribution in [0.25, 0.3) is 11.3 Å². The predicted molar refractivity (Wildman–Crippen MR) is 125 cm³/mol. The molecule has 1 aromatic carbocycles. The van der Waals surface area contributed by atoms with Crippen LogP contribution in [0.2, 0.25) is 0 Å². The normalized spacial score (nSPS) is 21.2. The molecule has 5 heterocycles. The maximum absolute atomic E-state index is 14.0. The molecule has 2 atom stereocenters. The molecule has 0 radical (unpaired) electrons. The number of amides is 2. The zero-order chi connectivity index (χ0) is 25.1. The van der Waals surface area contributed by atoms with Crippen LogP contribution < -0.4 is 4.90 Å². The fourth-order valence-corrected chi connectivity index (χ4v) is 5.96. The van der Waals surface area contributed by atoms with Crippen LogP contribution in [0, 0.1) is 17.5 Å². The van der Waals surface area contributed by atoms with Gasteiger partial charge in [-0.05, 0) is 50.3 Å². The summed E-state index contributed by atoms with van der Waals surface area (Å²) in [5.74, 6) is -4.17. The second-order valence-corrected chi connectivity index (χ2v) is 9.69. The van der Waals surface area contributed by atoms with Gasteiger partial charge in [0.05, 0.1) is 34.9 Å². The molecule has 3 aliphatic rings. The smallest absolute Gasteiger partial charge is 0.256 e. The Balaban J connectivity index is 1.37. The van der Waals surface area contributed by atoms with Crippen molar-refractivity contribution in [3.63, 3.8) is 0 Å². The quantitative estimate of drug-likeness (QED) is 0.508. The van der Waals surface area contributed by atoms with E-state index in [1.165, 1.54) is 6.20 Å². The third-order valence-electron chi connectivity index (χ3n) is 7.52. The lowest BCUT2D eigenvalue weighted by Crippen LogP contribution is -2.49. The number of fused-ring (bicyclic) bond motifs is 4. The van der Waals surface area contributed by atoms with Crippen molar-refractivity contribution < 1.29 is 22.8 Å². The molecule has 2 fully saturated rings. The first-order valence-electron chi connectivity index (χ1n) is 12.1. The zero-order valence-electron chi connectivity index (χ0n) is 19.7. The van der Waals surface area contributed by atoms with Gasteiger partial charge in [0.25, 0.3) is 5.91 Å². The highest BCUT2D eigenvalue weighted by atomic mass is 19.2. The van der Waals surface area contributed by atoms with E-state index in [0.29, 0.717) is 48.4 Å². The molecule has 7 nitrogen and oxygen atoms in total. The molecule has 186 valence electrons. The van der Waals surface area contributed by atoms with Crippen LogP contribution in [-0.4, -0.2) is 44.1 Å². The van der Waals surface area contributed by atoms with Crippen LogP contribution in [-0.2, 0) is 18.3 Å². The van der Waals surface area contributed by atoms with Gasteiger partial charge < -0.3 is 9.80 Å². The van der Waals surface area contributed by atoms with Gasteiger partial charge in [-0.1, -0.05) is 0 Å². The molecule has 3 aliphatic heterocycles. The Morgan fingerprint density at radius 3 is 2.56 bits per heavy atom. The molecule has 0 saturated carbocycles. The summed E-state index contributed by atoms with van der Waals surface area (Å²) in [6, 6.07) is 3.27. The van der Waals surface area contributed by atoms with E-state index >= 15 is 0 Å². The minimum Gasteiger partial charge on any atom is -0.327 e.